The van der Waals surface area contributed by atoms with Crippen LogP contribution in [0.1, 0.15) is 47.5 Å². The van der Waals surface area contributed by atoms with Crippen molar-refractivity contribution in [1.82, 2.24) is 0 Å². The van der Waals surface area contributed by atoms with Crippen molar-refractivity contribution in [1.29, 1.82) is 0 Å². The molecule has 0 amide bonds. The molecule has 0 bridgehead atoms. The normalized spacial score (nSPS) is 13.2. The second-order valence-electron chi connectivity index (χ2n) is 5.00. The van der Waals surface area contributed by atoms with Gasteiger partial charge >= 0.3 is 11.9 Å². The molecular weight excluding hydrogens is 296 g/mol. The highest BCUT2D eigenvalue weighted by atomic mass is 33.1. The lowest BCUT2D eigenvalue weighted by Gasteiger charge is -2.22. The molecule has 0 rings (SSSR count). The molecule has 0 aliphatic rings. The van der Waals surface area contributed by atoms with E-state index in [1.165, 1.54) is 6.92 Å². The van der Waals surface area contributed by atoms with Crippen LogP contribution in [0.25, 0.3) is 0 Å². The van der Waals surface area contributed by atoms with Gasteiger partial charge in [-0.1, -0.05) is 35.4 Å². The van der Waals surface area contributed by atoms with Crippen LogP contribution in [-0.4, -0.2) is 29.4 Å². The molecule has 0 N–H and O–H groups in total. The van der Waals surface area contributed by atoms with Crippen LogP contribution in [0.15, 0.2) is 11.5 Å². The summed E-state index contributed by atoms with van der Waals surface area (Å²) in [6.45, 7) is 9.25. The molecule has 6 heteroatoms. The molecular formula is C14H24O4S2. The molecule has 0 saturated carbocycles. The minimum atomic E-state index is -0.826. The van der Waals surface area contributed by atoms with Crippen LogP contribution in [0.5, 0.6) is 0 Å². The lowest BCUT2D eigenvalue weighted by molar-refractivity contribution is -0.160. The number of ether oxygens (including phenoxy) is 2. The third kappa shape index (κ3) is 11.2. The lowest BCUT2D eigenvalue weighted by atomic mass is 10.1. The van der Waals surface area contributed by atoms with Crippen molar-refractivity contribution in [2.24, 2.45) is 0 Å². The van der Waals surface area contributed by atoms with Gasteiger partial charge in [0.25, 0.3) is 0 Å². The Balaban J connectivity index is 3.83. The van der Waals surface area contributed by atoms with E-state index in [9.17, 15) is 9.59 Å². The SMILES string of the molecule is CCC(C)SS/C=C/COC(=O)CC(C)(C)OC(C)=O. The van der Waals surface area contributed by atoms with Gasteiger partial charge in [-0.25, -0.2) is 0 Å². The zero-order valence-electron chi connectivity index (χ0n) is 12.8. The van der Waals surface area contributed by atoms with Gasteiger partial charge in [-0.05, 0) is 31.8 Å². The number of carbonyl (C=O) groups excluding carboxylic acids is 2. The monoisotopic (exact) mass is 320 g/mol. The molecule has 0 radical (unpaired) electrons. The van der Waals surface area contributed by atoms with Crippen molar-refractivity contribution in [3.63, 3.8) is 0 Å². The maximum Gasteiger partial charge on any atom is 0.310 e. The molecule has 20 heavy (non-hydrogen) atoms. The molecule has 0 fully saturated rings. The van der Waals surface area contributed by atoms with E-state index in [0.29, 0.717) is 5.25 Å². The number of hydrogen-bond acceptors (Lipinski definition) is 6. The second kappa shape index (κ2) is 10.2. The number of carbonyl (C=O) groups is 2. The Bertz CT molecular complexity index is 340. The molecule has 1 unspecified atom stereocenters. The minimum Gasteiger partial charge on any atom is -0.461 e. The third-order valence-corrected chi connectivity index (χ3v) is 5.01. The molecule has 0 heterocycles. The Labute approximate surface area is 129 Å². The fraction of sp³-hybridized carbons (Fsp3) is 0.714. The minimum absolute atomic E-state index is 0.0508. The molecule has 0 aliphatic heterocycles. The molecule has 0 saturated heterocycles. The van der Waals surface area contributed by atoms with Crippen LogP contribution in [0.3, 0.4) is 0 Å². The van der Waals surface area contributed by atoms with Gasteiger partial charge in [0.1, 0.15) is 12.2 Å². The molecule has 0 aromatic rings. The average Bonchev–Trinajstić information content (AvgIpc) is 2.30. The molecule has 0 aliphatic carbocycles. The van der Waals surface area contributed by atoms with Gasteiger partial charge in [-0.3, -0.25) is 9.59 Å². The third-order valence-electron chi connectivity index (χ3n) is 2.28. The predicted molar refractivity (Wildman–Crippen MR) is 85.5 cm³/mol. The Hall–Kier alpha value is -0.620. The van der Waals surface area contributed by atoms with E-state index in [1.807, 2.05) is 5.41 Å². The molecule has 1 atom stereocenters. The maximum absolute atomic E-state index is 11.6. The average molecular weight is 320 g/mol. The van der Waals surface area contributed by atoms with Crippen LogP contribution in [0.2, 0.25) is 0 Å². The van der Waals surface area contributed by atoms with Gasteiger partial charge in [0.2, 0.25) is 0 Å². The summed E-state index contributed by atoms with van der Waals surface area (Å²) in [7, 11) is 3.42. The van der Waals surface area contributed by atoms with Crippen molar-refractivity contribution in [3.8, 4) is 0 Å². The summed E-state index contributed by atoms with van der Waals surface area (Å²) >= 11 is 0. The van der Waals surface area contributed by atoms with E-state index in [4.69, 9.17) is 9.47 Å². The lowest BCUT2D eigenvalue weighted by Crippen LogP contribution is -2.30. The van der Waals surface area contributed by atoms with Gasteiger partial charge in [-0.15, -0.1) is 0 Å². The molecule has 0 aromatic carbocycles. The summed E-state index contributed by atoms with van der Waals surface area (Å²) < 4.78 is 10.1. The quantitative estimate of drug-likeness (QED) is 0.473. The number of esters is 2. The standard InChI is InChI=1S/C14H24O4S2/c1-6-11(2)20-19-9-7-8-17-13(16)10-14(4,5)18-12(3)15/h7,9,11H,6,8,10H2,1-5H3/b9-7+. The number of hydrogen-bond donors (Lipinski definition) is 0. The van der Waals surface area contributed by atoms with Crippen molar-refractivity contribution >= 4 is 33.5 Å². The zero-order chi connectivity index (χ0) is 15.6. The predicted octanol–water partition coefficient (Wildman–Crippen LogP) is 3.96. The summed E-state index contributed by atoms with van der Waals surface area (Å²) in [5.74, 6) is -0.776. The fourth-order valence-corrected chi connectivity index (χ4v) is 3.19. The first kappa shape index (κ1) is 19.4. The van der Waals surface area contributed by atoms with E-state index in [-0.39, 0.29) is 19.0 Å². The van der Waals surface area contributed by atoms with Crippen molar-refractivity contribution < 1.29 is 19.1 Å². The summed E-state index contributed by atoms with van der Waals surface area (Å²) in [6.07, 6.45) is 2.98. The van der Waals surface area contributed by atoms with E-state index < -0.39 is 11.6 Å². The first-order valence-corrected chi connectivity index (χ1v) is 8.86. The van der Waals surface area contributed by atoms with Crippen molar-refractivity contribution in [2.45, 2.75) is 58.3 Å². The van der Waals surface area contributed by atoms with Crippen LogP contribution >= 0.6 is 21.6 Å². The second-order valence-corrected chi connectivity index (χ2v) is 7.61. The first-order valence-electron chi connectivity index (χ1n) is 6.59. The summed E-state index contributed by atoms with van der Waals surface area (Å²) in [5.41, 5.74) is -0.826. The van der Waals surface area contributed by atoms with E-state index in [0.717, 1.165) is 6.42 Å². The Kier molecular flexibility index (Phi) is 9.84. The smallest absolute Gasteiger partial charge is 0.310 e. The highest BCUT2D eigenvalue weighted by Crippen LogP contribution is 2.28. The maximum atomic E-state index is 11.6. The molecule has 0 aromatic heterocycles. The number of rotatable bonds is 9. The topological polar surface area (TPSA) is 52.6 Å². The van der Waals surface area contributed by atoms with Crippen LogP contribution in [0.4, 0.5) is 0 Å². The van der Waals surface area contributed by atoms with Gasteiger partial charge in [0, 0.05) is 12.2 Å². The summed E-state index contributed by atoms with van der Waals surface area (Å²) in [4.78, 5) is 22.4. The van der Waals surface area contributed by atoms with Gasteiger partial charge < -0.3 is 9.47 Å². The van der Waals surface area contributed by atoms with Crippen molar-refractivity contribution in [3.05, 3.63) is 11.5 Å². The van der Waals surface area contributed by atoms with E-state index in [1.54, 1.807) is 41.5 Å². The highest BCUT2D eigenvalue weighted by Gasteiger charge is 2.25. The van der Waals surface area contributed by atoms with Gasteiger partial charge in [0.15, 0.2) is 0 Å². The first-order chi connectivity index (χ1) is 9.26. The van der Waals surface area contributed by atoms with Crippen LogP contribution in [0, 0.1) is 0 Å². The van der Waals surface area contributed by atoms with E-state index >= 15 is 0 Å². The Morgan fingerprint density at radius 1 is 1.35 bits per heavy atom. The Morgan fingerprint density at radius 2 is 2.00 bits per heavy atom. The fourth-order valence-electron chi connectivity index (χ4n) is 1.24. The molecule has 0 spiro atoms. The van der Waals surface area contributed by atoms with E-state index in [2.05, 4.69) is 13.8 Å². The molecule has 116 valence electrons. The van der Waals surface area contributed by atoms with Gasteiger partial charge in [0.05, 0.1) is 6.42 Å². The highest BCUT2D eigenvalue weighted by molar-refractivity contribution is 8.78. The van der Waals surface area contributed by atoms with Crippen LogP contribution < -0.4 is 0 Å². The largest absolute Gasteiger partial charge is 0.461 e. The zero-order valence-corrected chi connectivity index (χ0v) is 14.4. The van der Waals surface area contributed by atoms with Gasteiger partial charge in [-0.2, -0.15) is 0 Å². The summed E-state index contributed by atoms with van der Waals surface area (Å²) in [6, 6.07) is 0. The summed E-state index contributed by atoms with van der Waals surface area (Å²) in [5, 5.41) is 2.53. The Morgan fingerprint density at radius 3 is 2.55 bits per heavy atom. The van der Waals surface area contributed by atoms with Crippen LogP contribution in [-0.2, 0) is 19.1 Å². The molecule has 4 nitrogen and oxygen atoms in total. The van der Waals surface area contributed by atoms with Crippen molar-refractivity contribution in [2.75, 3.05) is 6.61 Å².